The van der Waals surface area contributed by atoms with E-state index in [9.17, 15) is 23.6 Å². The molecular weight excluding hydrogens is 583 g/mol. The Kier molecular flexibility index (Phi) is 12.8. The average molecular weight is 625 g/mol. The van der Waals surface area contributed by atoms with Crippen molar-refractivity contribution in [3.05, 3.63) is 57.0 Å². The number of aromatic nitrogens is 1. The number of alkyl halides is 1. The van der Waals surface area contributed by atoms with E-state index in [1.165, 1.54) is 25.4 Å². The summed E-state index contributed by atoms with van der Waals surface area (Å²) in [6, 6.07) is 3.88. The van der Waals surface area contributed by atoms with E-state index in [1.54, 1.807) is 60.6 Å². The molecule has 0 saturated carbocycles. The summed E-state index contributed by atoms with van der Waals surface area (Å²) >= 11 is 6.33. The van der Waals surface area contributed by atoms with Crippen LogP contribution in [0.4, 0.5) is 9.18 Å². The molecule has 12 heteroatoms. The van der Waals surface area contributed by atoms with Crippen molar-refractivity contribution >= 4 is 29.6 Å². The Balaban J connectivity index is 2.69. The molecule has 1 aromatic heterocycles. The molecule has 2 rings (SSSR count). The van der Waals surface area contributed by atoms with E-state index < -0.39 is 53.6 Å². The lowest BCUT2D eigenvalue weighted by Gasteiger charge is -2.26. The van der Waals surface area contributed by atoms with Crippen molar-refractivity contribution in [1.29, 1.82) is 0 Å². The molecule has 0 bridgehead atoms. The number of alkyl carbamates (subject to hydrolysis) is 1. The van der Waals surface area contributed by atoms with Crippen LogP contribution in [0.15, 0.2) is 35.3 Å². The minimum Gasteiger partial charge on any atom is -0.462 e. The Labute approximate surface area is 256 Å². The number of ether oxygens (including phenoxy) is 4. The maximum Gasteiger partial charge on any atom is 0.407 e. The van der Waals surface area contributed by atoms with E-state index in [0.29, 0.717) is 16.1 Å². The first kappa shape index (κ1) is 35.8. The molecule has 0 aliphatic heterocycles. The van der Waals surface area contributed by atoms with Crippen LogP contribution in [0, 0.1) is 0 Å². The Bertz CT molecular complexity index is 1350. The summed E-state index contributed by atoms with van der Waals surface area (Å²) in [7, 11) is 1.46. The normalized spacial score (nSPS) is 13.2. The number of rotatable bonds is 12. The summed E-state index contributed by atoms with van der Waals surface area (Å²) in [5.74, 6) is -1.42. The predicted molar refractivity (Wildman–Crippen MR) is 161 cm³/mol. The molecule has 1 heterocycles. The third kappa shape index (κ3) is 11.0. The van der Waals surface area contributed by atoms with Crippen LogP contribution in [-0.4, -0.2) is 66.8 Å². The number of carbonyl (C=O) groups excluding carboxylic acids is 3. The summed E-state index contributed by atoms with van der Waals surface area (Å²) < 4.78 is 36.5. The minimum absolute atomic E-state index is 0.0119. The largest absolute Gasteiger partial charge is 0.462 e. The zero-order valence-corrected chi connectivity index (χ0v) is 26.8. The number of nitrogens with zero attached hydrogens (tertiary/aromatic N) is 1. The molecule has 1 aromatic carbocycles. The van der Waals surface area contributed by atoms with Gasteiger partial charge in [-0.3, -0.25) is 4.79 Å². The van der Waals surface area contributed by atoms with E-state index in [0.717, 1.165) is 4.57 Å². The zero-order chi connectivity index (χ0) is 32.5. The molecular formula is C31H42ClFN2O8. The minimum atomic E-state index is -1.10. The molecule has 0 radical (unpaired) electrons. The molecule has 0 saturated heterocycles. The molecule has 43 heavy (non-hydrogen) atoms. The van der Waals surface area contributed by atoms with Crippen molar-refractivity contribution in [3.63, 3.8) is 0 Å². The van der Waals surface area contributed by atoms with Gasteiger partial charge in [0.1, 0.15) is 23.9 Å². The lowest BCUT2D eigenvalue weighted by atomic mass is 9.93. The fraction of sp³-hybridized carbons (Fsp3) is 0.548. The molecule has 1 N–H and O–H groups in total. The Morgan fingerprint density at radius 2 is 1.67 bits per heavy atom. The van der Waals surface area contributed by atoms with Gasteiger partial charge in [-0.25, -0.2) is 18.8 Å². The molecule has 0 fully saturated rings. The van der Waals surface area contributed by atoms with Gasteiger partial charge in [0.15, 0.2) is 0 Å². The first-order valence-electron chi connectivity index (χ1n) is 14.0. The lowest BCUT2D eigenvalue weighted by molar-refractivity contribution is -0.159. The predicted octanol–water partition coefficient (Wildman–Crippen LogP) is 5.67. The van der Waals surface area contributed by atoms with E-state index in [1.807, 2.05) is 0 Å². The van der Waals surface area contributed by atoms with Crippen molar-refractivity contribution in [2.45, 2.75) is 84.6 Å². The van der Waals surface area contributed by atoms with Gasteiger partial charge in [0, 0.05) is 43.0 Å². The number of hydrogen-bond acceptors (Lipinski definition) is 8. The van der Waals surface area contributed by atoms with Crippen molar-refractivity contribution in [2.75, 3.05) is 27.0 Å². The maximum atomic E-state index is 14.1. The monoisotopic (exact) mass is 624 g/mol. The third-order valence-corrected chi connectivity index (χ3v) is 6.16. The van der Waals surface area contributed by atoms with Crippen LogP contribution in [0.1, 0.15) is 76.9 Å². The average Bonchev–Trinajstić information content (AvgIpc) is 2.88. The molecule has 238 valence electrons. The van der Waals surface area contributed by atoms with E-state index >= 15 is 0 Å². The van der Waals surface area contributed by atoms with Gasteiger partial charge in [-0.2, -0.15) is 0 Å². The highest BCUT2D eigenvalue weighted by Gasteiger charge is 2.30. The van der Waals surface area contributed by atoms with Gasteiger partial charge in [-0.1, -0.05) is 17.7 Å². The summed E-state index contributed by atoms with van der Waals surface area (Å²) in [6.07, 6.45) is 0.562. The Morgan fingerprint density at radius 1 is 1.02 bits per heavy atom. The molecule has 0 spiro atoms. The van der Waals surface area contributed by atoms with Crippen molar-refractivity contribution in [3.8, 4) is 11.1 Å². The number of methoxy groups -OCH3 is 1. The van der Waals surface area contributed by atoms with Gasteiger partial charge in [0.25, 0.3) is 5.56 Å². The highest BCUT2D eigenvalue weighted by molar-refractivity contribution is 6.31. The quantitative estimate of drug-likeness (QED) is 0.237. The van der Waals surface area contributed by atoms with Crippen LogP contribution in [0.25, 0.3) is 11.1 Å². The van der Waals surface area contributed by atoms with Gasteiger partial charge in [-0.05, 0) is 78.1 Å². The Hall–Kier alpha value is -3.44. The molecule has 2 atom stereocenters. The second-order valence-corrected chi connectivity index (χ2v) is 12.3. The van der Waals surface area contributed by atoms with Gasteiger partial charge in [0.2, 0.25) is 0 Å². The van der Waals surface area contributed by atoms with E-state index in [2.05, 4.69) is 5.32 Å². The number of halogens is 2. The highest BCUT2D eigenvalue weighted by atomic mass is 35.5. The van der Waals surface area contributed by atoms with Crippen LogP contribution in [0.3, 0.4) is 0 Å². The van der Waals surface area contributed by atoms with Crippen LogP contribution < -0.4 is 10.9 Å². The van der Waals surface area contributed by atoms with Crippen molar-refractivity contribution in [1.82, 2.24) is 9.88 Å². The van der Waals surface area contributed by atoms with Crippen LogP contribution in [-0.2, 0) is 30.2 Å². The molecule has 0 aliphatic carbocycles. The lowest BCUT2D eigenvalue weighted by Crippen LogP contribution is -2.41. The number of amides is 1. The van der Waals surface area contributed by atoms with E-state index in [4.69, 9.17) is 30.5 Å². The van der Waals surface area contributed by atoms with Gasteiger partial charge < -0.3 is 28.8 Å². The number of nitrogens with one attached hydrogen (secondary N) is 1. The van der Waals surface area contributed by atoms with Gasteiger partial charge in [0.05, 0.1) is 18.2 Å². The maximum absolute atomic E-state index is 14.1. The smallest absolute Gasteiger partial charge is 0.407 e. The SMILES string of the molecule is CCOC(=O)c1cn(C(CCOC)C(=O)OC(C)(C)C)c(=O)cc1-c1cc(Cl)ccc1CC(CF)NC(=O)OC(C)(C)C. The highest BCUT2D eigenvalue weighted by Crippen LogP contribution is 2.31. The molecule has 0 aliphatic rings. The summed E-state index contributed by atoms with van der Waals surface area (Å²) in [5, 5.41) is 2.81. The first-order chi connectivity index (χ1) is 20.0. The molecule has 10 nitrogen and oxygen atoms in total. The van der Waals surface area contributed by atoms with Gasteiger partial charge in [-0.15, -0.1) is 0 Å². The first-order valence-corrected chi connectivity index (χ1v) is 14.4. The number of esters is 2. The fourth-order valence-corrected chi connectivity index (χ4v) is 4.39. The molecule has 2 aromatic rings. The summed E-state index contributed by atoms with van der Waals surface area (Å²) in [6.45, 7) is 11.1. The Morgan fingerprint density at radius 3 is 2.23 bits per heavy atom. The summed E-state index contributed by atoms with van der Waals surface area (Å²) in [4.78, 5) is 52.3. The number of benzene rings is 1. The number of carbonyl (C=O) groups is 3. The fourth-order valence-electron chi connectivity index (χ4n) is 4.22. The standard InChI is InChI=1S/C31H42ClFN2O8/c1-9-41-27(37)24-18-35(25(12-13-40-8)28(38)42-30(2,3)4)26(36)16-23(24)22-15-20(32)11-10-19(22)14-21(17-33)34-29(39)43-31(5,6)7/h10-11,15-16,18,21,25H,9,12-14,17H2,1-8H3,(H,34,39). The van der Waals surface area contributed by atoms with Crippen LogP contribution >= 0.6 is 11.6 Å². The van der Waals surface area contributed by atoms with Gasteiger partial charge >= 0.3 is 18.0 Å². The van der Waals surface area contributed by atoms with E-state index in [-0.39, 0.29) is 37.2 Å². The van der Waals surface area contributed by atoms with Crippen LogP contribution in [0.5, 0.6) is 0 Å². The second kappa shape index (κ2) is 15.3. The van der Waals surface area contributed by atoms with Crippen LogP contribution in [0.2, 0.25) is 5.02 Å². The zero-order valence-electron chi connectivity index (χ0n) is 26.0. The second-order valence-electron chi connectivity index (χ2n) is 11.9. The van der Waals surface area contributed by atoms with Crippen molar-refractivity contribution < 1.29 is 37.7 Å². The summed E-state index contributed by atoms with van der Waals surface area (Å²) in [5.41, 5.74) is -1.21. The topological polar surface area (TPSA) is 122 Å². The molecule has 2 unspecified atom stereocenters. The number of hydrogen-bond donors (Lipinski definition) is 1. The van der Waals surface area contributed by atoms with Crippen molar-refractivity contribution in [2.24, 2.45) is 0 Å². The third-order valence-electron chi connectivity index (χ3n) is 5.92. The molecule has 1 amide bonds. The number of pyridine rings is 1.